The van der Waals surface area contributed by atoms with Crippen LogP contribution in [0.2, 0.25) is 0 Å². The van der Waals surface area contributed by atoms with E-state index in [1.54, 1.807) is 0 Å². The molecular weight excluding hydrogens is 236 g/mol. The van der Waals surface area contributed by atoms with Crippen molar-refractivity contribution in [2.45, 2.75) is 12.4 Å². The molecule has 0 aromatic rings. The van der Waals surface area contributed by atoms with E-state index < -0.39 is 28.7 Å². The first-order valence-electron chi connectivity index (χ1n) is 2.87. The number of rotatable bonds is 3. The van der Waals surface area contributed by atoms with Crippen molar-refractivity contribution in [1.29, 1.82) is 0 Å². The molecular formula is C3H7F3O5PS+. The Hall–Kier alpha value is 0.0500. The maximum absolute atomic E-state index is 11.7. The molecule has 0 atom stereocenters. The Balaban J connectivity index is 5.06. The van der Waals surface area contributed by atoms with Crippen molar-refractivity contribution in [1.82, 2.24) is 0 Å². The summed E-state index contributed by atoms with van der Waals surface area (Å²) in [5.41, 5.74) is -5.72. The molecule has 0 amide bonds. The molecule has 0 saturated carbocycles. The molecule has 0 unspecified atom stereocenters. The third kappa shape index (κ3) is 2.50. The Labute approximate surface area is 72.4 Å². The standard InChI is InChI=1S/C3H7F3O5PS/c1-2-11-12(7,8)13(9,10)3(4,5)6/h7-8H,2H2,1H3/q+1. The van der Waals surface area contributed by atoms with E-state index >= 15 is 0 Å². The van der Waals surface area contributed by atoms with E-state index in [1.165, 1.54) is 0 Å². The lowest BCUT2D eigenvalue weighted by atomic mass is 10.9. The lowest BCUT2D eigenvalue weighted by Gasteiger charge is -2.11. The SMILES string of the molecule is CCO[P+](O)(O)S(=O)(=O)C(F)(F)F. The molecule has 2 N–H and O–H groups in total. The molecule has 0 fully saturated rings. The summed E-state index contributed by atoms with van der Waals surface area (Å²) in [7, 11) is -11.5. The van der Waals surface area contributed by atoms with Crippen LogP contribution in [0.5, 0.6) is 0 Å². The summed E-state index contributed by atoms with van der Waals surface area (Å²) in [6.45, 7) is 0.586. The quantitative estimate of drug-likeness (QED) is 0.710. The summed E-state index contributed by atoms with van der Waals surface area (Å²) in [4.78, 5) is 17.0. The topological polar surface area (TPSA) is 83.8 Å². The summed E-state index contributed by atoms with van der Waals surface area (Å²) in [5, 5.41) is 0. The molecule has 0 spiro atoms. The Kier molecular flexibility index (Phi) is 3.67. The van der Waals surface area contributed by atoms with Gasteiger partial charge in [0, 0.05) is 0 Å². The van der Waals surface area contributed by atoms with Crippen LogP contribution in [0.1, 0.15) is 6.92 Å². The van der Waals surface area contributed by atoms with Crippen molar-refractivity contribution < 1.29 is 35.9 Å². The molecule has 10 heteroatoms. The van der Waals surface area contributed by atoms with Crippen LogP contribution in [0, 0.1) is 0 Å². The fourth-order valence-corrected chi connectivity index (χ4v) is 2.66. The second kappa shape index (κ2) is 3.66. The van der Waals surface area contributed by atoms with E-state index in [-0.39, 0.29) is 0 Å². The van der Waals surface area contributed by atoms with Crippen LogP contribution in [0.4, 0.5) is 13.2 Å². The number of alkyl halides is 3. The van der Waals surface area contributed by atoms with Gasteiger partial charge in [0.05, 0.1) is 6.61 Å². The van der Waals surface area contributed by atoms with E-state index in [0.717, 1.165) is 6.92 Å². The van der Waals surface area contributed by atoms with Crippen molar-refractivity contribution in [3.63, 3.8) is 0 Å². The molecule has 0 aliphatic heterocycles. The van der Waals surface area contributed by atoms with Crippen molar-refractivity contribution in [3.05, 3.63) is 0 Å². The second-order valence-electron chi connectivity index (χ2n) is 1.83. The zero-order valence-corrected chi connectivity index (χ0v) is 8.03. The molecule has 0 aliphatic rings. The molecule has 80 valence electrons. The first kappa shape index (κ1) is 13.1. The molecule has 0 aromatic heterocycles. The van der Waals surface area contributed by atoms with E-state index in [1.807, 2.05) is 0 Å². The van der Waals surface area contributed by atoms with Gasteiger partial charge in [-0.1, -0.05) is 0 Å². The molecule has 0 aromatic carbocycles. The average molecular weight is 243 g/mol. The predicted octanol–water partition coefficient (Wildman–Crippen LogP) is 0.620. The number of hydrogen-bond donors (Lipinski definition) is 2. The molecule has 0 bridgehead atoms. The monoisotopic (exact) mass is 243 g/mol. The minimum absolute atomic E-state index is 0.546. The fourth-order valence-electron chi connectivity index (χ4n) is 0.372. The summed E-state index contributed by atoms with van der Waals surface area (Å²) in [6, 6.07) is 0. The predicted molar refractivity (Wildman–Crippen MR) is 38.0 cm³/mol. The first-order chi connectivity index (χ1) is 5.56. The summed E-state index contributed by atoms with van der Waals surface area (Å²) < 4.78 is 59.5. The van der Waals surface area contributed by atoms with Gasteiger partial charge in [0.2, 0.25) is 0 Å². The van der Waals surface area contributed by atoms with Crippen molar-refractivity contribution in [2.75, 3.05) is 6.61 Å². The Morgan fingerprint density at radius 3 is 2.00 bits per heavy atom. The van der Waals surface area contributed by atoms with Gasteiger partial charge in [-0.05, 0) is 6.92 Å². The lowest BCUT2D eigenvalue weighted by Crippen LogP contribution is -2.26. The van der Waals surface area contributed by atoms with E-state index in [9.17, 15) is 21.6 Å². The molecule has 0 heterocycles. The van der Waals surface area contributed by atoms with Gasteiger partial charge in [0.25, 0.3) is 0 Å². The van der Waals surface area contributed by atoms with Gasteiger partial charge in [-0.25, -0.2) is 0 Å². The first-order valence-corrected chi connectivity index (χ1v) is 6.57. The average Bonchev–Trinajstić information content (AvgIpc) is 1.84. The van der Waals surface area contributed by atoms with Gasteiger partial charge < -0.3 is 0 Å². The Morgan fingerprint density at radius 2 is 1.77 bits per heavy atom. The highest BCUT2D eigenvalue weighted by Crippen LogP contribution is 2.62. The lowest BCUT2D eigenvalue weighted by molar-refractivity contribution is -0.0423. The van der Waals surface area contributed by atoms with Crippen LogP contribution in [0.15, 0.2) is 0 Å². The Morgan fingerprint density at radius 1 is 1.38 bits per heavy atom. The number of hydrogen-bond acceptors (Lipinski definition) is 5. The Bertz CT molecular complexity index is 269. The second-order valence-corrected chi connectivity index (χ2v) is 7.35. The van der Waals surface area contributed by atoms with E-state index in [0.29, 0.717) is 0 Å². The molecule has 13 heavy (non-hydrogen) atoms. The minimum atomic E-state index is -6.04. The van der Waals surface area contributed by atoms with E-state index in [4.69, 9.17) is 9.79 Å². The van der Waals surface area contributed by atoms with Gasteiger partial charge in [0.1, 0.15) is 0 Å². The zero-order chi connectivity index (χ0) is 10.9. The summed E-state index contributed by atoms with van der Waals surface area (Å²) >= 11 is 0. The summed E-state index contributed by atoms with van der Waals surface area (Å²) in [6.07, 6.45) is 0. The summed E-state index contributed by atoms with van der Waals surface area (Å²) in [5.74, 6) is 0. The fraction of sp³-hybridized carbons (Fsp3) is 1.00. The van der Waals surface area contributed by atoms with Crippen LogP contribution in [-0.4, -0.2) is 30.3 Å². The highest BCUT2D eigenvalue weighted by Gasteiger charge is 2.69. The maximum Gasteiger partial charge on any atom is 0.540 e. The van der Waals surface area contributed by atoms with Crippen molar-refractivity contribution in [3.8, 4) is 0 Å². The molecule has 0 aliphatic carbocycles. The van der Waals surface area contributed by atoms with Crippen molar-refractivity contribution in [2.24, 2.45) is 0 Å². The molecule has 0 radical (unpaired) electrons. The van der Waals surface area contributed by atoms with Gasteiger partial charge >= 0.3 is 22.1 Å². The largest absolute Gasteiger partial charge is 0.540 e. The van der Waals surface area contributed by atoms with Gasteiger partial charge in [0.15, 0.2) is 0 Å². The van der Waals surface area contributed by atoms with Gasteiger partial charge in [-0.2, -0.15) is 35.9 Å². The van der Waals surface area contributed by atoms with Gasteiger partial charge in [-0.15, -0.1) is 0 Å². The van der Waals surface area contributed by atoms with Gasteiger partial charge in [-0.3, -0.25) is 0 Å². The van der Waals surface area contributed by atoms with Crippen LogP contribution >= 0.6 is 7.15 Å². The van der Waals surface area contributed by atoms with E-state index in [2.05, 4.69) is 4.52 Å². The maximum atomic E-state index is 11.7. The minimum Gasteiger partial charge on any atom is -0.180 e. The molecule has 0 rings (SSSR count). The molecule has 5 nitrogen and oxygen atoms in total. The molecule has 0 saturated heterocycles. The number of halogens is 3. The third-order valence-electron chi connectivity index (χ3n) is 0.903. The zero-order valence-electron chi connectivity index (χ0n) is 6.32. The van der Waals surface area contributed by atoms with Crippen molar-refractivity contribution >= 4 is 16.6 Å². The van der Waals surface area contributed by atoms with Crippen LogP contribution in [0.3, 0.4) is 0 Å². The smallest absolute Gasteiger partial charge is 0.180 e. The van der Waals surface area contributed by atoms with Crippen LogP contribution < -0.4 is 0 Å². The van der Waals surface area contributed by atoms with Crippen LogP contribution in [0.25, 0.3) is 0 Å². The normalized spacial score (nSPS) is 14.6. The highest BCUT2D eigenvalue weighted by atomic mass is 32.8. The highest BCUT2D eigenvalue weighted by molar-refractivity contribution is 8.52. The third-order valence-corrected chi connectivity index (χ3v) is 5.52. The van der Waals surface area contributed by atoms with Crippen LogP contribution in [-0.2, 0) is 14.0 Å².